The van der Waals surface area contributed by atoms with Crippen LogP contribution in [0, 0.1) is 12.7 Å². The Balaban J connectivity index is 1.31. The molecule has 4 rings (SSSR count). The highest BCUT2D eigenvalue weighted by molar-refractivity contribution is 5.84. The first kappa shape index (κ1) is 21.5. The molecule has 31 heavy (non-hydrogen) atoms. The standard InChI is InChI=1S/C25H30FN3O2/c1-19-4-2-5-21(16-19)17-24(30)28-12-3-11-27(14-15-28)23-10-13-29(25(23)31)18-20-6-8-22(26)9-7-20/h2,4-9,16,23H,3,10-15,17-18H2,1H3. The zero-order valence-electron chi connectivity index (χ0n) is 18.1. The normalized spacial score (nSPS) is 20.2. The number of amides is 2. The minimum atomic E-state index is -0.263. The number of hydrogen-bond donors (Lipinski definition) is 0. The zero-order valence-corrected chi connectivity index (χ0v) is 18.1. The predicted octanol–water partition coefficient (Wildman–Crippen LogP) is 3.01. The van der Waals surface area contributed by atoms with Crippen LogP contribution in [0.4, 0.5) is 4.39 Å². The topological polar surface area (TPSA) is 43.9 Å². The molecule has 2 saturated heterocycles. The molecule has 2 heterocycles. The fraction of sp³-hybridized carbons (Fsp3) is 0.440. The lowest BCUT2D eigenvalue weighted by Gasteiger charge is -2.26. The molecule has 2 aromatic carbocycles. The summed E-state index contributed by atoms with van der Waals surface area (Å²) < 4.78 is 13.1. The third-order valence-electron chi connectivity index (χ3n) is 6.32. The lowest BCUT2D eigenvalue weighted by atomic mass is 10.1. The first-order valence-electron chi connectivity index (χ1n) is 11.1. The van der Waals surface area contributed by atoms with E-state index in [1.54, 1.807) is 12.1 Å². The van der Waals surface area contributed by atoms with Gasteiger partial charge in [-0.1, -0.05) is 42.0 Å². The number of hydrogen-bond acceptors (Lipinski definition) is 3. The number of carbonyl (C=O) groups is 2. The SMILES string of the molecule is Cc1cccc(CC(=O)N2CCCN(C3CCN(Cc4ccc(F)cc4)C3=O)CC2)c1. The Morgan fingerprint density at radius 3 is 2.58 bits per heavy atom. The van der Waals surface area contributed by atoms with Gasteiger partial charge in [0, 0.05) is 39.3 Å². The second-order valence-electron chi connectivity index (χ2n) is 8.63. The van der Waals surface area contributed by atoms with Crippen LogP contribution in [0.5, 0.6) is 0 Å². The molecule has 164 valence electrons. The van der Waals surface area contributed by atoms with Crippen molar-refractivity contribution in [2.75, 3.05) is 32.7 Å². The van der Waals surface area contributed by atoms with E-state index in [0.717, 1.165) is 49.2 Å². The van der Waals surface area contributed by atoms with E-state index >= 15 is 0 Å². The van der Waals surface area contributed by atoms with Crippen molar-refractivity contribution in [3.05, 3.63) is 71.0 Å². The molecule has 2 aromatic rings. The van der Waals surface area contributed by atoms with Gasteiger partial charge >= 0.3 is 0 Å². The number of rotatable bonds is 5. The molecule has 0 N–H and O–H groups in total. The molecule has 2 aliphatic heterocycles. The summed E-state index contributed by atoms with van der Waals surface area (Å²) in [5.41, 5.74) is 3.16. The van der Waals surface area contributed by atoms with Crippen molar-refractivity contribution in [1.82, 2.24) is 14.7 Å². The van der Waals surface area contributed by atoms with E-state index in [1.807, 2.05) is 34.9 Å². The van der Waals surface area contributed by atoms with Crippen LogP contribution in [-0.4, -0.2) is 65.3 Å². The number of likely N-dealkylation sites (tertiary alicyclic amines) is 1. The number of carbonyl (C=O) groups excluding carboxylic acids is 2. The monoisotopic (exact) mass is 423 g/mol. The van der Waals surface area contributed by atoms with Crippen LogP contribution in [-0.2, 0) is 22.6 Å². The van der Waals surface area contributed by atoms with Crippen molar-refractivity contribution in [3.63, 3.8) is 0 Å². The van der Waals surface area contributed by atoms with Crippen molar-refractivity contribution in [1.29, 1.82) is 0 Å². The van der Waals surface area contributed by atoms with Gasteiger partial charge in [-0.2, -0.15) is 0 Å². The third-order valence-corrected chi connectivity index (χ3v) is 6.32. The van der Waals surface area contributed by atoms with Crippen molar-refractivity contribution in [2.24, 2.45) is 0 Å². The van der Waals surface area contributed by atoms with Crippen LogP contribution in [0.2, 0.25) is 0 Å². The average Bonchev–Trinajstić information content (AvgIpc) is 2.95. The smallest absolute Gasteiger partial charge is 0.240 e. The molecule has 2 aliphatic rings. The lowest BCUT2D eigenvalue weighted by Crippen LogP contribution is -2.44. The van der Waals surface area contributed by atoms with Gasteiger partial charge in [-0.3, -0.25) is 14.5 Å². The fourth-order valence-corrected chi connectivity index (χ4v) is 4.64. The highest BCUT2D eigenvalue weighted by Crippen LogP contribution is 2.21. The summed E-state index contributed by atoms with van der Waals surface area (Å²) in [5, 5.41) is 0. The number of aryl methyl sites for hydroxylation is 1. The number of benzene rings is 2. The summed E-state index contributed by atoms with van der Waals surface area (Å²) in [6.45, 7) is 6.22. The minimum Gasteiger partial charge on any atom is -0.341 e. The zero-order chi connectivity index (χ0) is 21.8. The number of halogens is 1. The Hall–Kier alpha value is -2.73. The van der Waals surface area contributed by atoms with Crippen molar-refractivity contribution in [2.45, 2.75) is 38.8 Å². The molecular formula is C25H30FN3O2. The van der Waals surface area contributed by atoms with Gasteiger partial charge in [-0.15, -0.1) is 0 Å². The highest BCUT2D eigenvalue weighted by atomic mass is 19.1. The van der Waals surface area contributed by atoms with Gasteiger partial charge in [0.05, 0.1) is 12.5 Å². The van der Waals surface area contributed by atoms with Crippen LogP contribution in [0.3, 0.4) is 0 Å². The van der Waals surface area contributed by atoms with Crippen LogP contribution < -0.4 is 0 Å². The molecule has 1 unspecified atom stereocenters. The molecule has 2 fully saturated rings. The van der Waals surface area contributed by atoms with E-state index in [-0.39, 0.29) is 23.7 Å². The Labute approximate surface area is 183 Å². The maximum Gasteiger partial charge on any atom is 0.240 e. The Kier molecular flexibility index (Phi) is 6.66. The summed E-state index contributed by atoms with van der Waals surface area (Å²) in [6, 6.07) is 14.3. The first-order chi connectivity index (χ1) is 15.0. The molecule has 0 bridgehead atoms. The maximum absolute atomic E-state index is 13.1. The van der Waals surface area contributed by atoms with Crippen molar-refractivity contribution < 1.29 is 14.0 Å². The molecule has 2 amide bonds. The second-order valence-corrected chi connectivity index (χ2v) is 8.63. The first-order valence-corrected chi connectivity index (χ1v) is 11.1. The quantitative estimate of drug-likeness (QED) is 0.743. The van der Waals surface area contributed by atoms with Gasteiger partial charge in [-0.05, 0) is 43.0 Å². The largest absolute Gasteiger partial charge is 0.341 e. The van der Waals surface area contributed by atoms with E-state index in [2.05, 4.69) is 11.0 Å². The molecule has 0 aliphatic carbocycles. The van der Waals surface area contributed by atoms with Crippen LogP contribution in [0.1, 0.15) is 29.5 Å². The van der Waals surface area contributed by atoms with Gasteiger partial charge in [0.1, 0.15) is 5.82 Å². The van der Waals surface area contributed by atoms with Crippen LogP contribution in [0.15, 0.2) is 48.5 Å². The predicted molar refractivity (Wildman–Crippen MR) is 118 cm³/mol. The van der Waals surface area contributed by atoms with Gasteiger partial charge in [0.15, 0.2) is 0 Å². The van der Waals surface area contributed by atoms with Gasteiger partial charge in [-0.25, -0.2) is 4.39 Å². The summed E-state index contributed by atoms with van der Waals surface area (Å²) >= 11 is 0. The average molecular weight is 424 g/mol. The third kappa shape index (κ3) is 5.31. The van der Waals surface area contributed by atoms with E-state index in [4.69, 9.17) is 0 Å². The van der Waals surface area contributed by atoms with Gasteiger partial charge in [0.2, 0.25) is 11.8 Å². The molecule has 0 saturated carbocycles. The second kappa shape index (κ2) is 9.60. The lowest BCUT2D eigenvalue weighted by molar-refractivity contribution is -0.132. The Bertz CT molecular complexity index is 931. The Morgan fingerprint density at radius 2 is 1.81 bits per heavy atom. The molecule has 0 aromatic heterocycles. The van der Waals surface area contributed by atoms with E-state index in [9.17, 15) is 14.0 Å². The summed E-state index contributed by atoms with van der Waals surface area (Å²) in [4.78, 5) is 31.9. The number of nitrogens with zero attached hydrogens (tertiary/aromatic N) is 3. The molecule has 0 spiro atoms. The molecule has 6 heteroatoms. The fourth-order valence-electron chi connectivity index (χ4n) is 4.64. The van der Waals surface area contributed by atoms with E-state index in [0.29, 0.717) is 26.1 Å². The van der Waals surface area contributed by atoms with E-state index < -0.39 is 0 Å². The molecule has 0 radical (unpaired) electrons. The van der Waals surface area contributed by atoms with Crippen molar-refractivity contribution >= 4 is 11.8 Å². The molecule has 1 atom stereocenters. The highest BCUT2D eigenvalue weighted by Gasteiger charge is 2.36. The minimum absolute atomic E-state index is 0.118. The Morgan fingerprint density at radius 1 is 1.00 bits per heavy atom. The van der Waals surface area contributed by atoms with Gasteiger partial charge < -0.3 is 9.80 Å². The maximum atomic E-state index is 13.1. The molecular weight excluding hydrogens is 393 g/mol. The van der Waals surface area contributed by atoms with Crippen LogP contribution >= 0.6 is 0 Å². The van der Waals surface area contributed by atoms with E-state index in [1.165, 1.54) is 12.1 Å². The van der Waals surface area contributed by atoms with Crippen molar-refractivity contribution in [3.8, 4) is 0 Å². The van der Waals surface area contributed by atoms with Crippen LogP contribution in [0.25, 0.3) is 0 Å². The summed E-state index contributed by atoms with van der Waals surface area (Å²) in [7, 11) is 0. The summed E-state index contributed by atoms with van der Waals surface area (Å²) in [6.07, 6.45) is 2.11. The van der Waals surface area contributed by atoms with Gasteiger partial charge in [0.25, 0.3) is 0 Å². The molecule has 5 nitrogen and oxygen atoms in total. The summed E-state index contributed by atoms with van der Waals surface area (Å²) in [5.74, 6) is 0.0347.